The fraction of sp³-hybridized carbons (Fsp3) is 0.625. The molecule has 0 saturated carbocycles. The van der Waals surface area contributed by atoms with E-state index in [0.29, 0.717) is 24.2 Å². The Hall–Kier alpha value is -1.76. The second-order valence-corrected chi connectivity index (χ2v) is 7.42. The Balaban J connectivity index is 1.77. The highest BCUT2D eigenvalue weighted by atomic mass is 32.1. The summed E-state index contributed by atoms with van der Waals surface area (Å²) >= 11 is 1.52. The fourth-order valence-electron chi connectivity index (χ4n) is 2.85. The van der Waals surface area contributed by atoms with Crippen LogP contribution < -0.4 is 0 Å². The minimum Gasteiger partial charge on any atom is -0.339 e. The van der Waals surface area contributed by atoms with Gasteiger partial charge in [0.2, 0.25) is 5.89 Å². The van der Waals surface area contributed by atoms with E-state index in [1.165, 1.54) is 11.3 Å². The number of aryl methyl sites for hydroxylation is 2. The maximum atomic E-state index is 12.9. The summed E-state index contributed by atoms with van der Waals surface area (Å²) in [5, 5.41) is 4.88. The number of thiazole rings is 1. The lowest BCUT2D eigenvalue weighted by atomic mass is 9.98. The molecule has 0 aliphatic carbocycles. The minimum absolute atomic E-state index is 0.0767. The zero-order valence-corrected chi connectivity index (χ0v) is 14.8. The van der Waals surface area contributed by atoms with E-state index in [1.54, 1.807) is 0 Å². The van der Waals surface area contributed by atoms with Gasteiger partial charge in [-0.3, -0.25) is 4.79 Å². The first-order chi connectivity index (χ1) is 11.0. The third-order valence-electron chi connectivity index (χ3n) is 4.10. The average molecular weight is 334 g/mol. The molecule has 7 heteroatoms. The van der Waals surface area contributed by atoms with Crippen LogP contribution >= 0.6 is 11.3 Å². The highest BCUT2D eigenvalue weighted by Gasteiger charge is 2.30. The normalized spacial score (nSPS) is 18.7. The van der Waals surface area contributed by atoms with Crippen molar-refractivity contribution in [1.29, 1.82) is 0 Å². The van der Waals surface area contributed by atoms with Crippen LogP contribution in [-0.4, -0.2) is 39.0 Å². The Morgan fingerprint density at radius 3 is 2.74 bits per heavy atom. The summed E-state index contributed by atoms with van der Waals surface area (Å²) < 4.78 is 5.29. The van der Waals surface area contributed by atoms with Crippen molar-refractivity contribution >= 4 is 17.2 Å². The van der Waals surface area contributed by atoms with Crippen LogP contribution in [0, 0.1) is 13.8 Å². The van der Waals surface area contributed by atoms with Crippen molar-refractivity contribution in [2.45, 2.75) is 52.4 Å². The summed E-state index contributed by atoms with van der Waals surface area (Å²) in [6, 6.07) is 0. The van der Waals surface area contributed by atoms with Crippen molar-refractivity contribution in [2.75, 3.05) is 13.1 Å². The van der Waals surface area contributed by atoms with Gasteiger partial charge in [0.05, 0.1) is 16.6 Å². The van der Waals surface area contributed by atoms with Gasteiger partial charge >= 0.3 is 0 Å². The molecule has 1 atom stereocenters. The molecule has 1 unspecified atom stereocenters. The molecule has 3 heterocycles. The monoisotopic (exact) mass is 334 g/mol. The molecule has 1 saturated heterocycles. The van der Waals surface area contributed by atoms with Crippen molar-refractivity contribution in [3.05, 3.63) is 27.3 Å². The van der Waals surface area contributed by atoms with Gasteiger partial charge in [-0.2, -0.15) is 4.98 Å². The maximum absolute atomic E-state index is 12.9. The lowest BCUT2D eigenvalue weighted by Crippen LogP contribution is -2.39. The van der Waals surface area contributed by atoms with Crippen LogP contribution in [0.1, 0.15) is 70.6 Å². The molecule has 0 N–H and O–H groups in total. The topological polar surface area (TPSA) is 72.1 Å². The van der Waals surface area contributed by atoms with E-state index >= 15 is 0 Å². The van der Waals surface area contributed by atoms with Crippen molar-refractivity contribution in [1.82, 2.24) is 20.0 Å². The third kappa shape index (κ3) is 3.29. The molecule has 1 fully saturated rings. The van der Waals surface area contributed by atoms with Gasteiger partial charge in [0.1, 0.15) is 4.88 Å². The summed E-state index contributed by atoms with van der Waals surface area (Å²) in [4.78, 5) is 24.4. The Morgan fingerprint density at radius 1 is 1.35 bits per heavy atom. The van der Waals surface area contributed by atoms with E-state index in [9.17, 15) is 4.79 Å². The molecule has 6 nitrogen and oxygen atoms in total. The summed E-state index contributed by atoms with van der Waals surface area (Å²) in [6.07, 6.45) is 1.93. The predicted octanol–water partition coefficient (Wildman–Crippen LogP) is 3.29. The number of carbonyl (C=O) groups is 1. The van der Waals surface area contributed by atoms with Crippen LogP contribution in [0.4, 0.5) is 0 Å². The second kappa shape index (κ2) is 6.39. The first-order valence-electron chi connectivity index (χ1n) is 8.02. The molecule has 1 aliphatic rings. The second-order valence-electron chi connectivity index (χ2n) is 6.39. The number of nitrogens with zero attached hydrogens (tertiary/aromatic N) is 4. The third-order valence-corrected chi connectivity index (χ3v) is 5.55. The van der Waals surface area contributed by atoms with Gasteiger partial charge in [-0.15, -0.1) is 11.3 Å². The molecule has 0 spiro atoms. The highest BCUT2D eigenvalue weighted by molar-refractivity contribution is 7.13. The molecular weight excluding hydrogens is 312 g/mol. The molecule has 124 valence electrons. The van der Waals surface area contributed by atoms with E-state index in [-0.39, 0.29) is 11.8 Å². The van der Waals surface area contributed by atoms with E-state index in [1.807, 2.05) is 18.7 Å². The standard InChI is InChI=1S/C16H22N4O2S/c1-9(2)15-17-10(3)13(23-15)16(21)20-7-5-6-12(8-20)14-18-11(4)19-22-14/h9,12H,5-8H2,1-4H3. The summed E-state index contributed by atoms with van der Waals surface area (Å²) in [5.74, 6) is 1.84. The Kier molecular flexibility index (Phi) is 4.48. The summed E-state index contributed by atoms with van der Waals surface area (Å²) in [5.41, 5.74) is 0.833. The minimum atomic E-state index is 0.0767. The van der Waals surface area contributed by atoms with Crippen molar-refractivity contribution in [3.63, 3.8) is 0 Å². The van der Waals surface area contributed by atoms with Gasteiger partial charge in [-0.1, -0.05) is 19.0 Å². The zero-order valence-electron chi connectivity index (χ0n) is 14.0. The zero-order chi connectivity index (χ0) is 16.6. The number of piperidine rings is 1. The molecule has 2 aromatic rings. The summed E-state index contributed by atoms with van der Waals surface area (Å²) in [7, 11) is 0. The molecule has 1 amide bonds. The maximum Gasteiger partial charge on any atom is 0.265 e. The number of hydrogen-bond donors (Lipinski definition) is 0. The summed E-state index contributed by atoms with van der Waals surface area (Å²) in [6.45, 7) is 9.33. The SMILES string of the molecule is Cc1noc(C2CCCN(C(=O)c3sc(C(C)C)nc3C)C2)n1. The Bertz CT molecular complexity index is 707. The van der Waals surface area contributed by atoms with Crippen LogP contribution in [0.25, 0.3) is 0 Å². The molecule has 0 radical (unpaired) electrons. The van der Waals surface area contributed by atoms with Crippen molar-refractivity contribution in [3.8, 4) is 0 Å². The Morgan fingerprint density at radius 2 is 2.13 bits per heavy atom. The molecule has 0 bridgehead atoms. The predicted molar refractivity (Wildman–Crippen MR) is 87.9 cm³/mol. The van der Waals surface area contributed by atoms with Crippen LogP contribution in [-0.2, 0) is 0 Å². The number of amides is 1. The molecule has 2 aromatic heterocycles. The first kappa shape index (κ1) is 16.1. The highest BCUT2D eigenvalue weighted by Crippen LogP contribution is 2.30. The fourth-order valence-corrected chi connectivity index (χ4v) is 3.89. The largest absolute Gasteiger partial charge is 0.339 e. The van der Waals surface area contributed by atoms with E-state index in [4.69, 9.17) is 4.52 Å². The lowest BCUT2D eigenvalue weighted by Gasteiger charge is -2.30. The van der Waals surface area contributed by atoms with Gasteiger partial charge < -0.3 is 9.42 Å². The number of rotatable bonds is 3. The number of aromatic nitrogens is 3. The van der Waals surface area contributed by atoms with Crippen LogP contribution in [0.3, 0.4) is 0 Å². The number of hydrogen-bond acceptors (Lipinski definition) is 6. The van der Waals surface area contributed by atoms with E-state index in [2.05, 4.69) is 29.0 Å². The molecule has 1 aliphatic heterocycles. The number of likely N-dealkylation sites (tertiary alicyclic amines) is 1. The lowest BCUT2D eigenvalue weighted by molar-refractivity contribution is 0.0699. The quantitative estimate of drug-likeness (QED) is 0.861. The van der Waals surface area contributed by atoms with Gasteiger partial charge in [0, 0.05) is 19.0 Å². The number of carbonyl (C=O) groups excluding carboxylic acids is 1. The van der Waals surface area contributed by atoms with Gasteiger partial charge in [-0.25, -0.2) is 4.98 Å². The average Bonchev–Trinajstić information content (AvgIpc) is 3.13. The van der Waals surface area contributed by atoms with E-state index in [0.717, 1.165) is 35.0 Å². The van der Waals surface area contributed by atoms with Gasteiger partial charge in [0.25, 0.3) is 5.91 Å². The van der Waals surface area contributed by atoms with E-state index < -0.39 is 0 Å². The van der Waals surface area contributed by atoms with Crippen LogP contribution in [0.5, 0.6) is 0 Å². The molecular formula is C16H22N4O2S. The van der Waals surface area contributed by atoms with Crippen molar-refractivity contribution in [2.24, 2.45) is 0 Å². The smallest absolute Gasteiger partial charge is 0.265 e. The van der Waals surface area contributed by atoms with Gasteiger partial charge in [0.15, 0.2) is 5.82 Å². The van der Waals surface area contributed by atoms with Gasteiger partial charge in [-0.05, 0) is 26.7 Å². The molecule has 3 rings (SSSR count). The first-order valence-corrected chi connectivity index (χ1v) is 8.84. The Labute approximate surface area is 139 Å². The van der Waals surface area contributed by atoms with Crippen LogP contribution in [0.15, 0.2) is 4.52 Å². The van der Waals surface area contributed by atoms with Crippen LogP contribution in [0.2, 0.25) is 0 Å². The molecule has 23 heavy (non-hydrogen) atoms. The molecule has 0 aromatic carbocycles. The van der Waals surface area contributed by atoms with Crippen molar-refractivity contribution < 1.29 is 9.32 Å².